The van der Waals surface area contributed by atoms with Gasteiger partial charge in [0.25, 0.3) is 5.91 Å². The second-order valence-corrected chi connectivity index (χ2v) is 6.50. The van der Waals surface area contributed by atoms with Crippen molar-refractivity contribution in [2.24, 2.45) is 5.10 Å². The van der Waals surface area contributed by atoms with Gasteiger partial charge in [-0.3, -0.25) is 9.89 Å². The zero-order valence-electron chi connectivity index (χ0n) is 14.6. The largest absolute Gasteiger partial charge is 0.497 e. The first kappa shape index (κ1) is 18.9. The molecule has 0 atom stereocenters. The molecular formula is C19H16Cl2N4O2. The molecule has 138 valence electrons. The van der Waals surface area contributed by atoms with Crippen molar-refractivity contribution < 1.29 is 9.53 Å². The number of carbonyl (C=O) groups excluding carboxylic acids is 1. The first-order valence-electron chi connectivity index (χ1n) is 7.98. The topological polar surface area (TPSA) is 79.4 Å². The van der Waals surface area contributed by atoms with Crippen molar-refractivity contribution in [1.82, 2.24) is 15.6 Å². The molecule has 0 bridgehead atoms. The Balaban J connectivity index is 1.72. The summed E-state index contributed by atoms with van der Waals surface area (Å²) in [6, 6.07) is 14.0. The lowest BCUT2D eigenvalue weighted by Crippen LogP contribution is -2.19. The molecule has 8 heteroatoms. The number of aromatic amines is 1. The number of nitrogens with zero attached hydrogens (tertiary/aromatic N) is 2. The van der Waals surface area contributed by atoms with Gasteiger partial charge in [-0.05, 0) is 61.0 Å². The minimum Gasteiger partial charge on any atom is -0.497 e. The predicted octanol–water partition coefficient (Wildman–Crippen LogP) is 4.55. The summed E-state index contributed by atoms with van der Waals surface area (Å²) in [6.45, 7) is 1.80. The quantitative estimate of drug-likeness (QED) is 0.485. The van der Waals surface area contributed by atoms with E-state index in [2.05, 4.69) is 20.7 Å². The van der Waals surface area contributed by atoms with Crippen LogP contribution in [0.4, 0.5) is 0 Å². The van der Waals surface area contributed by atoms with Gasteiger partial charge in [-0.1, -0.05) is 23.2 Å². The summed E-state index contributed by atoms with van der Waals surface area (Å²) in [5, 5.41) is 11.9. The molecule has 0 unspecified atom stereocenters. The van der Waals surface area contributed by atoms with Crippen LogP contribution in [-0.4, -0.2) is 28.9 Å². The number of benzene rings is 2. The molecule has 0 aliphatic heterocycles. The Morgan fingerprint density at radius 3 is 2.56 bits per heavy atom. The summed E-state index contributed by atoms with van der Waals surface area (Å²) in [5.41, 5.74) is 5.52. The van der Waals surface area contributed by atoms with E-state index < -0.39 is 5.91 Å². The van der Waals surface area contributed by atoms with E-state index in [4.69, 9.17) is 27.9 Å². The average Bonchev–Trinajstić information content (AvgIpc) is 3.16. The fourth-order valence-corrected chi connectivity index (χ4v) is 2.87. The van der Waals surface area contributed by atoms with Gasteiger partial charge < -0.3 is 4.74 Å². The number of aromatic nitrogens is 2. The van der Waals surface area contributed by atoms with E-state index in [9.17, 15) is 4.79 Å². The van der Waals surface area contributed by atoms with Crippen LogP contribution in [0.1, 0.15) is 23.0 Å². The lowest BCUT2D eigenvalue weighted by Gasteiger charge is -2.03. The van der Waals surface area contributed by atoms with Gasteiger partial charge in [0.15, 0.2) is 0 Å². The maximum atomic E-state index is 12.3. The van der Waals surface area contributed by atoms with Gasteiger partial charge in [0, 0.05) is 10.6 Å². The van der Waals surface area contributed by atoms with E-state index in [-0.39, 0.29) is 5.69 Å². The van der Waals surface area contributed by atoms with Crippen LogP contribution in [0.25, 0.3) is 11.3 Å². The SMILES string of the molecule is COc1ccc(/C(C)=N/NC(=O)c2cc(-c3ccc(Cl)cc3Cl)n[nH]2)cc1. The summed E-state index contributed by atoms with van der Waals surface area (Å²) in [4.78, 5) is 12.3. The predicted molar refractivity (Wildman–Crippen MR) is 107 cm³/mol. The van der Waals surface area contributed by atoms with E-state index in [1.807, 2.05) is 24.3 Å². The number of H-pyrrole nitrogens is 1. The van der Waals surface area contributed by atoms with Crippen LogP contribution < -0.4 is 10.2 Å². The number of rotatable bonds is 5. The normalized spacial score (nSPS) is 11.3. The van der Waals surface area contributed by atoms with Crippen molar-refractivity contribution in [2.45, 2.75) is 6.92 Å². The van der Waals surface area contributed by atoms with Crippen LogP contribution >= 0.6 is 23.2 Å². The number of ether oxygens (including phenoxy) is 1. The highest BCUT2D eigenvalue weighted by atomic mass is 35.5. The number of carbonyl (C=O) groups is 1. The second-order valence-electron chi connectivity index (χ2n) is 5.66. The zero-order chi connectivity index (χ0) is 19.4. The minimum atomic E-state index is -0.410. The van der Waals surface area contributed by atoms with Crippen molar-refractivity contribution in [2.75, 3.05) is 7.11 Å². The van der Waals surface area contributed by atoms with E-state index in [1.165, 1.54) is 0 Å². The van der Waals surface area contributed by atoms with Crippen LogP contribution in [0.2, 0.25) is 10.0 Å². The number of hydrogen-bond acceptors (Lipinski definition) is 4. The van der Waals surface area contributed by atoms with E-state index in [0.29, 0.717) is 27.0 Å². The Hall–Kier alpha value is -2.83. The smallest absolute Gasteiger partial charge is 0.289 e. The molecule has 0 spiro atoms. The highest BCUT2D eigenvalue weighted by Gasteiger charge is 2.13. The Morgan fingerprint density at radius 2 is 1.89 bits per heavy atom. The fourth-order valence-electron chi connectivity index (χ4n) is 2.36. The van der Waals surface area contributed by atoms with Crippen LogP contribution in [-0.2, 0) is 0 Å². The second kappa shape index (κ2) is 8.24. The molecule has 0 saturated heterocycles. The molecule has 2 aromatic carbocycles. The monoisotopic (exact) mass is 402 g/mol. The Kier molecular flexibility index (Phi) is 5.78. The lowest BCUT2D eigenvalue weighted by molar-refractivity contribution is 0.0950. The molecule has 0 saturated carbocycles. The van der Waals surface area contributed by atoms with Crippen LogP contribution in [0.3, 0.4) is 0 Å². The van der Waals surface area contributed by atoms with Gasteiger partial charge in [0.05, 0.1) is 23.5 Å². The third-order valence-electron chi connectivity index (χ3n) is 3.86. The van der Waals surface area contributed by atoms with Crippen molar-refractivity contribution in [1.29, 1.82) is 0 Å². The minimum absolute atomic E-state index is 0.266. The first-order chi connectivity index (χ1) is 13.0. The molecule has 1 aromatic heterocycles. The Bertz CT molecular complexity index is 997. The Labute approximate surface area is 166 Å². The van der Waals surface area contributed by atoms with Crippen LogP contribution in [0.5, 0.6) is 5.75 Å². The summed E-state index contributed by atoms with van der Waals surface area (Å²) >= 11 is 12.1. The molecule has 1 amide bonds. The number of hydrazone groups is 1. The lowest BCUT2D eigenvalue weighted by atomic mass is 10.1. The highest BCUT2D eigenvalue weighted by molar-refractivity contribution is 6.36. The fraction of sp³-hybridized carbons (Fsp3) is 0.105. The summed E-state index contributed by atoms with van der Waals surface area (Å²) in [7, 11) is 1.60. The molecule has 3 rings (SSSR count). The molecule has 27 heavy (non-hydrogen) atoms. The van der Waals surface area contributed by atoms with Gasteiger partial charge >= 0.3 is 0 Å². The standard InChI is InChI=1S/C19H16Cl2N4O2/c1-11(12-3-6-14(27-2)7-4-12)22-25-19(26)18-10-17(23-24-18)15-8-5-13(20)9-16(15)21/h3-10H,1-2H3,(H,23,24)(H,25,26)/b22-11+. The van der Waals surface area contributed by atoms with E-state index in [0.717, 1.165) is 11.3 Å². The van der Waals surface area contributed by atoms with Gasteiger partial charge in [-0.15, -0.1) is 0 Å². The van der Waals surface area contributed by atoms with Gasteiger partial charge in [-0.25, -0.2) is 5.43 Å². The molecule has 0 fully saturated rings. The van der Waals surface area contributed by atoms with Crippen molar-refractivity contribution in [3.05, 3.63) is 69.8 Å². The number of amides is 1. The third-order valence-corrected chi connectivity index (χ3v) is 4.41. The number of nitrogens with one attached hydrogen (secondary N) is 2. The van der Waals surface area contributed by atoms with Crippen LogP contribution in [0, 0.1) is 0 Å². The third kappa shape index (κ3) is 4.48. The molecule has 6 nitrogen and oxygen atoms in total. The molecule has 3 aromatic rings. The summed E-state index contributed by atoms with van der Waals surface area (Å²) in [6.07, 6.45) is 0. The maximum absolute atomic E-state index is 12.3. The number of methoxy groups -OCH3 is 1. The van der Waals surface area contributed by atoms with Crippen molar-refractivity contribution >= 4 is 34.8 Å². The average molecular weight is 403 g/mol. The molecule has 0 radical (unpaired) electrons. The number of halogens is 2. The molecular weight excluding hydrogens is 387 g/mol. The molecule has 0 aliphatic carbocycles. The van der Waals surface area contributed by atoms with Crippen molar-refractivity contribution in [3.8, 4) is 17.0 Å². The van der Waals surface area contributed by atoms with E-state index >= 15 is 0 Å². The molecule has 0 aliphatic rings. The highest BCUT2D eigenvalue weighted by Crippen LogP contribution is 2.29. The summed E-state index contributed by atoms with van der Waals surface area (Å²) in [5.74, 6) is 0.341. The van der Waals surface area contributed by atoms with Crippen LogP contribution in [0.15, 0.2) is 53.6 Å². The molecule has 2 N–H and O–H groups in total. The zero-order valence-corrected chi connectivity index (χ0v) is 16.1. The number of hydrogen-bond donors (Lipinski definition) is 2. The Morgan fingerprint density at radius 1 is 1.15 bits per heavy atom. The van der Waals surface area contributed by atoms with Crippen molar-refractivity contribution in [3.63, 3.8) is 0 Å². The summed E-state index contributed by atoms with van der Waals surface area (Å²) < 4.78 is 5.12. The first-order valence-corrected chi connectivity index (χ1v) is 8.73. The van der Waals surface area contributed by atoms with Gasteiger partial charge in [0.1, 0.15) is 11.4 Å². The van der Waals surface area contributed by atoms with Gasteiger partial charge in [-0.2, -0.15) is 10.2 Å². The maximum Gasteiger partial charge on any atom is 0.289 e. The molecule has 1 heterocycles. The van der Waals surface area contributed by atoms with E-state index in [1.54, 1.807) is 38.3 Å². The van der Waals surface area contributed by atoms with Gasteiger partial charge in [0.2, 0.25) is 0 Å².